The molecule has 0 aliphatic heterocycles. The van der Waals surface area contributed by atoms with Crippen LogP contribution < -0.4 is 10.6 Å². The Labute approximate surface area is 125 Å². The molecule has 21 heavy (non-hydrogen) atoms. The van der Waals surface area contributed by atoms with Gasteiger partial charge in [-0.2, -0.15) is 0 Å². The number of nitrogens with two attached hydrogens (primary N) is 1. The first-order valence-electron chi connectivity index (χ1n) is 7.23. The molecule has 0 spiro atoms. The lowest BCUT2D eigenvalue weighted by atomic mass is 10.1. The van der Waals surface area contributed by atoms with E-state index in [1.54, 1.807) is 12.3 Å². The molecule has 0 fully saturated rings. The maximum Gasteiger partial charge on any atom is 0.128 e. The zero-order valence-electron chi connectivity index (χ0n) is 12.8. The predicted molar refractivity (Wildman–Crippen MR) is 84.7 cm³/mol. The van der Waals surface area contributed by atoms with Crippen LogP contribution in [0.4, 0.5) is 10.1 Å². The fraction of sp³-hybridized carbons (Fsp3) is 0.353. The zero-order chi connectivity index (χ0) is 15.4. The normalized spacial score (nSPS) is 13.8. The average Bonchev–Trinajstić information content (AvgIpc) is 2.53. The number of hydrogen-bond acceptors (Lipinski definition) is 3. The van der Waals surface area contributed by atoms with Crippen molar-refractivity contribution in [2.75, 3.05) is 11.9 Å². The molecule has 0 radical (unpaired) electrons. The third-order valence-electron chi connectivity index (χ3n) is 3.93. The number of halogens is 1. The molecule has 2 atom stereocenters. The van der Waals surface area contributed by atoms with Crippen molar-refractivity contribution in [1.29, 1.82) is 0 Å². The van der Waals surface area contributed by atoms with Crippen molar-refractivity contribution in [3.05, 3.63) is 59.7 Å². The van der Waals surface area contributed by atoms with E-state index in [1.165, 1.54) is 6.07 Å². The summed E-state index contributed by atoms with van der Waals surface area (Å²) in [7, 11) is 1.94. The van der Waals surface area contributed by atoms with Crippen LogP contribution in [0.15, 0.2) is 42.6 Å². The standard InChI is InChI=1S/C17H22FN3/c1-4-16(19)17-10-9-13(11-20-17)21(3)12(2)14-7-5-6-8-15(14)18/h5-12,16H,4,19H2,1-3H3/t12?,16-/m1/s1. The molecule has 2 aromatic rings. The van der Waals surface area contributed by atoms with Crippen LogP contribution in [0, 0.1) is 5.82 Å². The van der Waals surface area contributed by atoms with E-state index in [1.807, 2.05) is 50.1 Å². The highest BCUT2D eigenvalue weighted by Crippen LogP contribution is 2.27. The van der Waals surface area contributed by atoms with Crippen LogP contribution >= 0.6 is 0 Å². The van der Waals surface area contributed by atoms with E-state index in [0.29, 0.717) is 5.56 Å². The molecule has 2 N–H and O–H groups in total. The second kappa shape index (κ2) is 6.68. The van der Waals surface area contributed by atoms with E-state index in [-0.39, 0.29) is 17.9 Å². The van der Waals surface area contributed by atoms with E-state index >= 15 is 0 Å². The van der Waals surface area contributed by atoms with Gasteiger partial charge in [0.1, 0.15) is 5.82 Å². The fourth-order valence-electron chi connectivity index (χ4n) is 2.28. The molecule has 4 heteroatoms. The quantitative estimate of drug-likeness (QED) is 0.908. The maximum absolute atomic E-state index is 13.9. The van der Waals surface area contributed by atoms with Crippen LogP contribution in [0.2, 0.25) is 0 Å². The summed E-state index contributed by atoms with van der Waals surface area (Å²) in [5.41, 5.74) is 8.47. The van der Waals surface area contributed by atoms with Gasteiger partial charge in [0.2, 0.25) is 0 Å². The Bertz CT molecular complexity index is 583. The van der Waals surface area contributed by atoms with Crippen molar-refractivity contribution in [2.24, 2.45) is 5.73 Å². The summed E-state index contributed by atoms with van der Waals surface area (Å²) in [4.78, 5) is 6.42. The van der Waals surface area contributed by atoms with Crippen molar-refractivity contribution >= 4 is 5.69 Å². The minimum Gasteiger partial charge on any atom is -0.366 e. The Morgan fingerprint density at radius 3 is 2.52 bits per heavy atom. The summed E-state index contributed by atoms with van der Waals surface area (Å²) in [6, 6.07) is 10.7. The molecule has 1 aromatic heterocycles. The SMILES string of the molecule is CC[C@@H](N)c1ccc(N(C)C(C)c2ccccc2F)cn1. The van der Waals surface area contributed by atoms with Crippen molar-refractivity contribution in [1.82, 2.24) is 4.98 Å². The first-order chi connectivity index (χ1) is 10.0. The Hall–Kier alpha value is -1.94. The van der Waals surface area contributed by atoms with Crippen LogP contribution in [0.3, 0.4) is 0 Å². The molecule has 0 bridgehead atoms. The number of pyridine rings is 1. The average molecular weight is 287 g/mol. The summed E-state index contributed by atoms with van der Waals surface area (Å²) in [5, 5.41) is 0. The molecule has 1 heterocycles. The van der Waals surface area contributed by atoms with Crippen molar-refractivity contribution in [3.63, 3.8) is 0 Å². The highest BCUT2D eigenvalue weighted by atomic mass is 19.1. The van der Waals surface area contributed by atoms with Gasteiger partial charge in [-0.1, -0.05) is 25.1 Å². The first-order valence-corrected chi connectivity index (χ1v) is 7.23. The lowest BCUT2D eigenvalue weighted by molar-refractivity contribution is 0.585. The minimum atomic E-state index is -0.186. The fourth-order valence-corrected chi connectivity index (χ4v) is 2.28. The van der Waals surface area contributed by atoms with Gasteiger partial charge < -0.3 is 10.6 Å². The smallest absolute Gasteiger partial charge is 0.128 e. The number of nitrogens with zero attached hydrogens (tertiary/aromatic N) is 2. The molecule has 1 unspecified atom stereocenters. The number of hydrogen-bond donors (Lipinski definition) is 1. The summed E-state index contributed by atoms with van der Waals surface area (Å²) >= 11 is 0. The van der Waals surface area contributed by atoms with Crippen LogP contribution in [0.5, 0.6) is 0 Å². The molecule has 112 valence electrons. The number of rotatable bonds is 5. The molecule has 0 aliphatic carbocycles. The summed E-state index contributed by atoms with van der Waals surface area (Å²) in [6.07, 6.45) is 2.65. The molecule has 1 aromatic carbocycles. The molecule has 0 saturated heterocycles. The van der Waals surface area contributed by atoms with E-state index in [9.17, 15) is 4.39 Å². The van der Waals surface area contributed by atoms with Crippen LogP contribution in [-0.2, 0) is 0 Å². The largest absolute Gasteiger partial charge is 0.366 e. The number of benzene rings is 1. The lowest BCUT2D eigenvalue weighted by Crippen LogP contribution is -2.23. The molecule has 0 amide bonds. The third kappa shape index (κ3) is 3.39. The minimum absolute atomic E-state index is 0.0339. The van der Waals surface area contributed by atoms with E-state index < -0.39 is 0 Å². The molecular formula is C17H22FN3. The Balaban J connectivity index is 2.20. The molecule has 2 rings (SSSR count). The third-order valence-corrected chi connectivity index (χ3v) is 3.93. The van der Waals surface area contributed by atoms with Gasteiger partial charge in [-0.05, 0) is 31.5 Å². The monoisotopic (exact) mass is 287 g/mol. The van der Waals surface area contributed by atoms with Gasteiger partial charge in [0, 0.05) is 18.7 Å². The van der Waals surface area contributed by atoms with E-state index in [0.717, 1.165) is 17.8 Å². The van der Waals surface area contributed by atoms with Gasteiger partial charge in [-0.25, -0.2) is 4.39 Å². The van der Waals surface area contributed by atoms with Crippen molar-refractivity contribution in [2.45, 2.75) is 32.4 Å². The molecule has 3 nitrogen and oxygen atoms in total. The van der Waals surface area contributed by atoms with Crippen LogP contribution in [0.1, 0.15) is 43.6 Å². The predicted octanol–water partition coefficient (Wildman–Crippen LogP) is 3.83. The molecular weight excluding hydrogens is 265 g/mol. The summed E-state index contributed by atoms with van der Waals surface area (Å²) < 4.78 is 13.9. The first kappa shape index (κ1) is 15.4. The molecule has 0 saturated carbocycles. The zero-order valence-corrected chi connectivity index (χ0v) is 12.8. The number of anilines is 1. The maximum atomic E-state index is 13.9. The Kier molecular flexibility index (Phi) is 4.91. The van der Waals surface area contributed by atoms with E-state index in [4.69, 9.17) is 5.73 Å². The highest BCUT2D eigenvalue weighted by Gasteiger charge is 2.16. The Morgan fingerprint density at radius 1 is 1.24 bits per heavy atom. The van der Waals surface area contributed by atoms with Crippen molar-refractivity contribution in [3.8, 4) is 0 Å². The van der Waals surface area contributed by atoms with Gasteiger partial charge in [-0.15, -0.1) is 0 Å². The summed E-state index contributed by atoms with van der Waals surface area (Å²) in [6.45, 7) is 4.01. The van der Waals surface area contributed by atoms with Crippen molar-refractivity contribution < 1.29 is 4.39 Å². The second-order valence-electron chi connectivity index (χ2n) is 5.26. The van der Waals surface area contributed by atoms with Gasteiger partial charge in [0.05, 0.1) is 23.6 Å². The van der Waals surface area contributed by atoms with Crippen LogP contribution in [0.25, 0.3) is 0 Å². The van der Waals surface area contributed by atoms with Gasteiger partial charge in [-0.3, -0.25) is 4.98 Å². The Morgan fingerprint density at radius 2 is 1.95 bits per heavy atom. The lowest BCUT2D eigenvalue weighted by Gasteiger charge is -2.27. The van der Waals surface area contributed by atoms with E-state index in [2.05, 4.69) is 4.98 Å². The number of aromatic nitrogens is 1. The summed E-state index contributed by atoms with van der Waals surface area (Å²) in [5.74, 6) is -0.186. The highest BCUT2D eigenvalue weighted by molar-refractivity contribution is 5.46. The second-order valence-corrected chi connectivity index (χ2v) is 5.26. The van der Waals surface area contributed by atoms with Gasteiger partial charge in [0.25, 0.3) is 0 Å². The van der Waals surface area contributed by atoms with Gasteiger partial charge in [0.15, 0.2) is 0 Å². The molecule has 0 aliphatic rings. The van der Waals surface area contributed by atoms with Gasteiger partial charge >= 0.3 is 0 Å². The topological polar surface area (TPSA) is 42.1 Å². The van der Waals surface area contributed by atoms with Crippen LogP contribution in [-0.4, -0.2) is 12.0 Å².